The minimum atomic E-state index is -3.99. The zero-order chi connectivity index (χ0) is 20.1. The van der Waals surface area contributed by atoms with E-state index in [0.29, 0.717) is 17.1 Å². The van der Waals surface area contributed by atoms with Gasteiger partial charge >= 0.3 is 6.33 Å². The lowest BCUT2D eigenvalue weighted by Crippen LogP contribution is -2.31. The Balaban J connectivity index is 2.07. The van der Waals surface area contributed by atoms with Gasteiger partial charge in [-0.05, 0) is 24.3 Å². The number of rotatable bonds is 7. The Morgan fingerprint density at radius 2 is 2.00 bits per heavy atom. The van der Waals surface area contributed by atoms with Crippen molar-refractivity contribution in [3.8, 4) is 11.5 Å². The summed E-state index contributed by atoms with van der Waals surface area (Å²) >= 11 is 5.78. The molecule has 0 unspecified atom stereocenters. The number of nitrogens with zero attached hydrogens (tertiary/aromatic N) is 4. The van der Waals surface area contributed by atoms with Crippen molar-refractivity contribution >= 4 is 27.4 Å². The van der Waals surface area contributed by atoms with Crippen LogP contribution in [0, 0.1) is 6.33 Å². The van der Waals surface area contributed by atoms with Crippen LogP contribution >= 0.6 is 11.6 Å². The molecular formula is C18H16ClN4O4S+. The van der Waals surface area contributed by atoms with Crippen LogP contribution in [0.25, 0.3) is 0 Å². The molecule has 0 bridgehead atoms. The molecule has 2 heterocycles. The first kappa shape index (κ1) is 19.7. The summed E-state index contributed by atoms with van der Waals surface area (Å²) in [6.07, 6.45) is 5.02. The number of hydrogen-bond donors (Lipinski definition) is 0. The highest BCUT2D eigenvalue weighted by atomic mass is 35.5. The van der Waals surface area contributed by atoms with Crippen LogP contribution in [-0.2, 0) is 16.6 Å². The molecule has 0 saturated carbocycles. The molecule has 0 N–H and O–H groups in total. The first-order chi connectivity index (χ1) is 13.5. The number of halogens is 1. The van der Waals surface area contributed by atoms with E-state index < -0.39 is 10.0 Å². The van der Waals surface area contributed by atoms with Crippen LogP contribution in [0.4, 0.5) is 5.82 Å². The van der Waals surface area contributed by atoms with Crippen molar-refractivity contribution in [2.75, 3.05) is 18.5 Å². The standard InChI is InChI=1S/C18H16ClN4O4S/c1-26-14-4-3-13(16(9-14)27-2)11-23(18-7-8-20-12-22-18)28(24,25)15-5-6-17(19)21-10-15/h3-10H,11H2,1-2H3/q+1. The molecule has 0 amide bonds. The van der Waals surface area contributed by atoms with Crippen LogP contribution in [0.5, 0.6) is 11.5 Å². The maximum absolute atomic E-state index is 13.3. The number of benzene rings is 1. The van der Waals surface area contributed by atoms with E-state index >= 15 is 0 Å². The number of anilines is 1. The highest BCUT2D eigenvalue weighted by Gasteiger charge is 2.30. The number of methoxy groups -OCH3 is 2. The summed E-state index contributed by atoms with van der Waals surface area (Å²) in [6, 6.07) is 9.40. The van der Waals surface area contributed by atoms with Crippen LogP contribution in [0.2, 0.25) is 5.15 Å². The first-order valence-electron chi connectivity index (χ1n) is 8.00. The topological polar surface area (TPSA) is 95.7 Å². The van der Waals surface area contributed by atoms with Crippen molar-refractivity contribution < 1.29 is 22.9 Å². The van der Waals surface area contributed by atoms with E-state index in [1.807, 2.05) is 0 Å². The second kappa shape index (κ2) is 8.29. The molecule has 0 saturated heterocycles. The molecule has 8 nitrogen and oxygen atoms in total. The number of pyridine rings is 1. The Labute approximate surface area is 167 Å². The van der Waals surface area contributed by atoms with Crippen molar-refractivity contribution in [2.45, 2.75) is 11.4 Å². The van der Waals surface area contributed by atoms with Gasteiger partial charge in [-0.3, -0.25) is 0 Å². The highest BCUT2D eigenvalue weighted by molar-refractivity contribution is 7.92. The van der Waals surface area contributed by atoms with Crippen molar-refractivity contribution in [3.05, 3.63) is 65.8 Å². The van der Waals surface area contributed by atoms with Crippen LogP contribution in [0.3, 0.4) is 0 Å². The van der Waals surface area contributed by atoms with Gasteiger partial charge in [0.2, 0.25) is 6.20 Å². The van der Waals surface area contributed by atoms with Gasteiger partial charge in [0.25, 0.3) is 15.8 Å². The average molecular weight is 420 g/mol. The van der Waals surface area contributed by atoms with Crippen LogP contribution in [0.1, 0.15) is 5.56 Å². The molecule has 28 heavy (non-hydrogen) atoms. The van der Waals surface area contributed by atoms with Gasteiger partial charge < -0.3 is 9.47 Å². The molecule has 2 aromatic heterocycles. The zero-order valence-corrected chi connectivity index (χ0v) is 16.6. The van der Waals surface area contributed by atoms with Crippen molar-refractivity contribution in [2.24, 2.45) is 0 Å². The molecule has 0 aliphatic carbocycles. The maximum Gasteiger partial charge on any atom is 0.431 e. The minimum absolute atomic E-state index is 0.0250. The molecule has 0 radical (unpaired) electrons. The molecule has 0 fully saturated rings. The van der Waals surface area contributed by atoms with Gasteiger partial charge in [0.1, 0.15) is 21.5 Å². The van der Waals surface area contributed by atoms with E-state index in [1.165, 1.54) is 44.8 Å². The molecule has 3 rings (SSSR count). The fourth-order valence-corrected chi connectivity index (χ4v) is 3.91. The quantitative estimate of drug-likeness (QED) is 0.540. The lowest BCUT2D eigenvalue weighted by atomic mass is 10.2. The fraction of sp³-hybridized carbons (Fsp3) is 0.167. The third kappa shape index (κ3) is 4.08. The van der Waals surface area contributed by atoms with Gasteiger partial charge in [-0.1, -0.05) is 11.6 Å². The second-order valence-corrected chi connectivity index (χ2v) is 7.77. The third-order valence-electron chi connectivity index (χ3n) is 3.87. The normalized spacial score (nSPS) is 10.8. The fourth-order valence-electron chi connectivity index (χ4n) is 2.46. The summed E-state index contributed by atoms with van der Waals surface area (Å²) in [5, 5.41) is 0.192. The summed E-state index contributed by atoms with van der Waals surface area (Å²) in [5.41, 5.74) is 0.618. The van der Waals surface area contributed by atoms with Crippen LogP contribution < -0.4 is 18.8 Å². The molecule has 0 spiro atoms. The number of ether oxygens (including phenoxy) is 2. The number of hydrogen-bond acceptors (Lipinski definition) is 6. The van der Waals surface area contributed by atoms with Gasteiger partial charge in [0.15, 0.2) is 0 Å². The Kier molecular flexibility index (Phi) is 5.82. The van der Waals surface area contributed by atoms with Gasteiger partial charge in [-0.15, -0.1) is 0 Å². The third-order valence-corrected chi connectivity index (χ3v) is 5.83. The van der Waals surface area contributed by atoms with Crippen molar-refractivity contribution in [1.82, 2.24) is 9.97 Å². The highest BCUT2D eigenvalue weighted by Crippen LogP contribution is 2.29. The number of aromatic nitrogens is 3. The molecule has 0 atom stereocenters. The molecule has 3 aromatic rings. The first-order valence-corrected chi connectivity index (χ1v) is 9.82. The van der Waals surface area contributed by atoms with Gasteiger partial charge in [-0.2, -0.15) is 4.98 Å². The Hall–Kier alpha value is -3.09. The smallest absolute Gasteiger partial charge is 0.431 e. The Bertz CT molecular complexity index is 1050. The van der Waals surface area contributed by atoms with Crippen molar-refractivity contribution in [3.63, 3.8) is 0 Å². The monoisotopic (exact) mass is 419 g/mol. The summed E-state index contributed by atoms with van der Waals surface area (Å²) in [6.45, 7) is -0.0387. The van der Waals surface area contributed by atoms with Crippen LogP contribution in [-0.4, -0.2) is 32.6 Å². The Morgan fingerprint density at radius 1 is 1.18 bits per heavy atom. The zero-order valence-electron chi connectivity index (χ0n) is 15.0. The van der Waals surface area contributed by atoms with Crippen molar-refractivity contribution in [1.29, 1.82) is 0 Å². The largest absolute Gasteiger partial charge is 0.497 e. The summed E-state index contributed by atoms with van der Waals surface area (Å²) < 4.78 is 38.3. The van der Waals surface area contributed by atoms with E-state index in [9.17, 15) is 8.42 Å². The second-order valence-electron chi connectivity index (χ2n) is 5.52. The predicted molar refractivity (Wildman–Crippen MR) is 101 cm³/mol. The minimum Gasteiger partial charge on any atom is -0.497 e. The van der Waals surface area contributed by atoms with E-state index in [2.05, 4.69) is 21.3 Å². The molecular weight excluding hydrogens is 404 g/mol. The van der Waals surface area contributed by atoms with Gasteiger partial charge in [0, 0.05) is 22.8 Å². The predicted octanol–water partition coefficient (Wildman–Crippen LogP) is 1.94. The SMILES string of the molecule is COc1ccc(CN(c2cc[n+]#cn2)S(=O)(=O)c2ccc(Cl)nc2)c(OC)c1. The van der Waals surface area contributed by atoms with E-state index in [1.54, 1.807) is 18.2 Å². The maximum atomic E-state index is 13.3. The summed E-state index contributed by atoms with van der Waals surface area (Å²) in [4.78, 5) is 11.5. The van der Waals surface area contributed by atoms with Crippen LogP contribution in [0.15, 0.2) is 53.7 Å². The van der Waals surface area contributed by atoms with E-state index in [0.717, 1.165) is 4.31 Å². The summed E-state index contributed by atoms with van der Waals surface area (Å²) in [5.74, 6) is 1.22. The van der Waals surface area contributed by atoms with Gasteiger partial charge in [0.05, 0.1) is 26.8 Å². The molecule has 10 heteroatoms. The molecule has 144 valence electrons. The summed E-state index contributed by atoms with van der Waals surface area (Å²) in [7, 11) is -0.959. The Morgan fingerprint density at radius 3 is 2.61 bits per heavy atom. The average Bonchev–Trinajstić information content (AvgIpc) is 2.72. The van der Waals surface area contributed by atoms with E-state index in [-0.39, 0.29) is 22.4 Å². The van der Waals surface area contributed by atoms with Gasteiger partial charge in [-0.25, -0.2) is 17.7 Å². The lowest BCUT2D eigenvalue weighted by molar-refractivity contribution is -0.296. The molecule has 0 aliphatic rings. The molecule has 1 aromatic carbocycles. The lowest BCUT2D eigenvalue weighted by Gasteiger charge is -2.21. The van der Waals surface area contributed by atoms with E-state index in [4.69, 9.17) is 21.1 Å². The molecule has 0 aliphatic heterocycles. The number of sulfonamides is 1.